The lowest BCUT2D eigenvalue weighted by atomic mass is 10.2. The molecule has 0 bridgehead atoms. The van der Waals surface area contributed by atoms with Crippen molar-refractivity contribution in [2.45, 2.75) is 11.1 Å². The number of rotatable bonds is 6. The Morgan fingerprint density at radius 3 is 2.30 bits per heavy atom. The zero-order chi connectivity index (χ0) is 20.2. The summed E-state index contributed by atoms with van der Waals surface area (Å²) in [5.74, 6) is -0.672. The molecule has 27 heavy (non-hydrogen) atoms. The molecule has 0 saturated heterocycles. The van der Waals surface area contributed by atoms with Gasteiger partial charge >= 0.3 is 6.18 Å². The molecule has 0 radical (unpaired) electrons. The van der Waals surface area contributed by atoms with Crippen LogP contribution in [0.1, 0.15) is 5.56 Å². The van der Waals surface area contributed by atoms with Crippen LogP contribution in [0.25, 0.3) is 0 Å². The van der Waals surface area contributed by atoms with Gasteiger partial charge in [0.05, 0.1) is 17.5 Å². The number of carbonyl (C=O) groups excluding carboxylic acids is 1. The van der Waals surface area contributed by atoms with Crippen LogP contribution in [0.5, 0.6) is 0 Å². The number of halogens is 3. The van der Waals surface area contributed by atoms with Gasteiger partial charge in [0.2, 0.25) is 15.9 Å². The molecule has 0 saturated carbocycles. The van der Waals surface area contributed by atoms with E-state index in [0.29, 0.717) is 5.69 Å². The Morgan fingerprint density at radius 2 is 1.78 bits per heavy atom. The van der Waals surface area contributed by atoms with E-state index < -0.39 is 34.2 Å². The Balaban J connectivity index is 2.17. The van der Waals surface area contributed by atoms with Crippen LogP contribution >= 0.6 is 11.8 Å². The zero-order valence-electron chi connectivity index (χ0n) is 14.4. The first-order valence-corrected chi connectivity index (χ1v) is 10.7. The van der Waals surface area contributed by atoms with Crippen molar-refractivity contribution in [3.05, 3.63) is 54.1 Å². The standard InChI is InChI=1S/C17H17F3N2O3S2/c1-26-15-5-3-4-14(10-15)22(27(2,24)25)11-16(23)21-13-8-6-12(7-9-13)17(18,19)20/h3-10H,11H2,1-2H3,(H,21,23). The summed E-state index contributed by atoms with van der Waals surface area (Å²) in [5, 5.41) is 2.40. The molecule has 2 rings (SSSR count). The Bertz CT molecular complexity index is 914. The topological polar surface area (TPSA) is 66.5 Å². The molecular formula is C17H17F3N2O3S2. The molecule has 0 heterocycles. The van der Waals surface area contributed by atoms with Crippen molar-refractivity contribution >= 4 is 39.1 Å². The lowest BCUT2D eigenvalue weighted by Gasteiger charge is -2.22. The van der Waals surface area contributed by atoms with Gasteiger partial charge in [-0.2, -0.15) is 13.2 Å². The van der Waals surface area contributed by atoms with E-state index in [9.17, 15) is 26.4 Å². The fraction of sp³-hybridized carbons (Fsp3) is 0.235. The minimum Gasteiger partial charge on any atom is -0.325 e. The number of sulfonamides is 1. The number of nitrogens with one attached hydrogen (secondary N) is 1. The van der Waals surface area contributed by atoms with Gasteiger partial charge in [-0.25, -0.2) is 8.42 Å². The molecule has 2 aromatic rings. The van der Waals surface area contributed by atoms with E-state index in [4.69, 9.17) is 0 Å². The van der Waals surface area contributed by atoms with E-state index in [-0.39, 0.29) is 5.69 Å². The van der Waals surface area contributed by atoms with Crippen molar-refractivity contribution in [2.24, 2.45) is 0 Å². The van der Waals surface area contributed by atoms with Crippen molar-refractivity contribution in [3.8, 4) is 0 Å². The molecule has 0 aliphatic rings. The smallest absolute Gasteiger partial charge is 0.325 e. The maximum Gasteiger partial charge on any atom is 0.416 e. The molecule has 0 aliphatic heterocycles. The quantitative estimate of drug-likeness (QED) is 0.724. The molecule has 5 nitrogen and oxygen atoms in total. The third-order valence-electron chi connectivity index (χ3n) is 3.52. The third-order valence-corrected chi connectivity index (χ3v) is 5.39. The first-order chi connectivity index (χ1) is 12.5. The molecule has 0 aliphatic carbocycles. The summed E-state index contributed by atoms with van der Waals surface area (Å²) < 4.78 is 62.8. The maximum atomic E-state index is 12.6. The molecule has 10 heteroatoms. The molecule has 1 amide bonds. The average Bonchev–Trinajstić information content (AvgIpc) is 2.58. The van der Waals surface area contributed by atoms with Crippen LogP contribution in [0.3, 0.4) is 0 Å². The largest absolute Gasteiger partial charge is 0.416 e. The highest BCUT2D eigenvalue weighted by Crippen LogP contribution is 2.30. The second-order valence-corrected chi connectivity index (χ2v) is 8.38. The van der Waals surface area contributed by atoms with Crippen LogP contribution in [0.2, 0.25) is 0 Å². The number of hydrogen-bond acceptors (Lipinski definition) is 4. The molecule has 0 spiro atoms. The lowest BCUT2D eigenvalue weighted by molar-refractivity contribution is -0.137. The van der Waals surface area contributed by atoms with Crippen LogP contribution in [0.15, 0.2) is 53.4 Å². The Labute approximate surface area is 159 Å². The van der Waals surface area contributed by atoms with E-state index >= 15 is 0 Å². The first-order valence-electron chi connectivity index (χ1n) is 7.59. The summed E-state index contributed by atoms with van der Waals surface area (Å²) in [6.07, 6.45) is -1.66. The van der Waals surface area contributed by atoms with Crippen LogP contribution in [0, 0.1) is 0 Å². The second kappa shape index (κ2) is 8.22. The molecule has 0 atom stereocenters. The molecule has 2 aromatic carbocycles. The Hall–Kier alpha value is -2.20. The molecule has 0 unspecified atom stereocenters. The normalized spacial score (nSPS) is 11.9. The molecular weight excluding hydrogens is 401 g/mol. The zero-order valence-corrected chi connectivity index (χ0v) is 16.1. The summed E-state index contributed by atoms with van der Waals surface area (Å²) in [6, 6.07) is 10.6. The highest BCUT2D eigenvalue weighted by molar-refractivity contribution is 7.98. The van der Waals surface area contributed by atoms with Gasteiger partial charge in [-0.05, 0) is 48.7 Å². The van der Waals surface area contributed by atoms with Crippen molar-refractivity contribution in [3.63, 3.8) is 0 Å². The van der Waals surface area contributed by atoms with Gasteiger partial charge in [0, 0.05) is 10.6 Å². The number of benzene rings is 2. The van der Waals surface area contributed by atoms with Gasteiger partial charge in [0.15, 0.2) is 0 Å². The maximum absolute atomic E-state index is 12.6. The van der Waals surface area contributed by atoms with Crippen LogP contribution in [0.4, 0.5) is 24.5 Å². The summed E-state index contributed by atoms with van der Waals surface area (Å²) in [5.41, 5.74) is -0.377. The van der Waals surface area contributed by atoms with E-state index in [1.54, 1.807) is 24.3 Å². The fourth-order valence-corrected chi connectivity index (χ4v) is 3.54. The minimum absolute atomic E-state index is 0.138. The summed E-state index contributed by atoms with van der Waals surface area (Å²) in [6.45, 7) is -0.502. The van der Waals surface area contributed by atoms with Gasteiger partial charge in [-0.15, -0.1) is 11.8 Å². The number of carbonyl (C=O) groups is 1. The Morgan fingerprint density at radius 1 is 1.15 bits per heavy atom. The minimum atomic E-state index is -4.47. The van der Waals surface area contributed by atoms with E-state index in [1.807, 2.05) is 6.26 Å². The van der Waals surface area contributed by atoms with Gasteiger partial charge in [0.25, 0.3) is 0 Å². The van der Waals surface area contributed by atoms with Crippen molar-refractivity contribution in [1.82, 2.24) is 0 Å². The van der Waals surface area contributed by atoms with Crippen LogP contribution in [-0.2, 0) is 21.0 Å². The van der Waals surface area contributed by atoms with Crippen molar-refractivity contribution < 1.29 is 26.4 Å². The summed E-state index contributed by atoms with van der Waals surface area (Å²) in [7, 11) is -3.74. The SMILES string of the molecule is CSc1cccc(N(CC(=O)Nc2ccc(C(F)(F)F)cc2)S(C)(=O)=O)c1. The molecule has 0 aromatic heterocycles. The monoisotopic (exact) mass is 418 g/mol. The summed E-state index contributed by atoms with van der Waals surface area (Å²) in [4.78, 5) is 13.1. The predicted octanol–water partition coefficient (Wildman–Crippen LogP) is 3.83. The highest BCUT2D eigenvalue weighted by Gasteiger charge is 2.30. The number of amides is 1. The molecule has 0 fully saturated rings. The number of alkyl halides is 3. The van der Waals surface area contributed by atoms with E-state index in [1.165, 1.54) is 11.8 Å². The highest BCUT2D eigenvalue weighted by atomic mass is 32.2. The van der Waals surface area contributed by atoms with Crippen molar-refractivity contribution in [1.29, 1.82) is 0 Å². The van der Waals surface area contributed by atoms with E-state index in [2.05, 4.69) is 5.32 Å². The average molecular weight is 418 g/mol. The second-order valence-electron chi connectivity index (χ2n) is 5.59. The predicted molar refractivity (Wildman–Crippen MR) is 100 cm³/mol. The van der Waals surface area contributed by atoms with Gasteiger partial charge in [0.1, 0.15) is 6.54 Å². The molecule has 1 N–H and O–H groups in total. The van der Waals surface area contributed by atoms with Gasteiger partial charge in [-0.1, -0.05) is 6.07 Å². The van der Waals surface area contributed by atoms with Crippen LogP contribution in [-0.4, -0.2) is 33.4 Å². The first kappa shape index (κ1) is 21.1. The van der Waals surface area contributed by atoms with Crippen LogP contribution < -0.4 is 9.62 Å². The van der Waals surface area contributed by atoms with E-state index in [0.717, 1.165) is 39.7 Å². The molecule has 146 valence electrons. The summed E-state index contributed by atoms with van der Waals surface area (Å²) >= 11 is 1.42. The van der Waals surface area contributed by atoms with Gasteiger partial charge in [-0.3, -0.25) is 9.10 Å². The number of anilines is 2. The number of thioether (sulfide) groups is 1. The number of hydrogen-bond donors (Lipinski definition) is 1. The van der Waals surface area contributed by atoms with Crippen molar-refractivity contribution in [2.75, 3.05) is 28.7 Å². The fourth-order valence-electron chi connectivity index (χ4n) is 2.24. The lowest BCUT2D eigenvalue weighted by Crippen LogP contribution is -2.37. The number of nitrogens with zero attached hydrogens (tertiary/aromatic N) is 1. The third kappa shape index (κ3) is 5.90. The van der Waals surface area contributed by atoms with Gasteiger partial charge < -0.3 is 5.32 Å². The Kier molecular flexibility index (Phi) is 6.42.